The zero-order chi connectivity index (χ0) is 15.2. The minimum Gasteiger partial charge on any atom is -0.493 e. The van der Waals surface area contributed by atoms with Crippen molar-refractivity contribution in [1.29, 1.82) is 0 Å². The highest BCUT2D eigenvalue weighted by molar-refractivity contribution is 7.98. The van der Waals surface area contributed by atoms with Gasteiger partial charge in [-0.1, -0.05) is 12.1 Å². The van der Waals surface area contributed by atoms with E-state index < -0.39 is 0 Å². The standard InChI is InChI=1S/C17H21NO2S/c1-12(18-14-6-5-7-15(11-14)21-4)13-8-9-16(19-2)17(10-13)20-3/h5-12,18H,1-4H3. The minimum absolute atomic E-state index is 0.182. The Morgan fingerprint density at radius 3 is 2.43 bits per heavy atom. The van der Waals surface area contributed by atoms with E-state index in [9.17, 15) is 0 Å². The highest BCUT2D eigenvalue weighted by Crippen LogP contribution is 2.31. The Bertz CT molecular complexity index is 601. The number of methoxy groups -OCH3 is 2. The van der Waals surface area contributed by atoms with Gasteiger partial charge in [-0.3, -0.25) is 0 Å². The fraction of sp³-hybridized carbons (Fsp3) is 0.294. The average Bonchev–Trinajstić information content (AvgIpc) is 2.54. The molecular weight excluding hydrogens is 282 g/mol. The normalized spacial score (nSPS) is 11.8. The van der Waals surface area contributed by atoms with Crippen molar-refractivity contribution in [2.75, 3.05) is 25.8 Å². The zero-order valence-electron chi connectivity index (χ0n) is 12.8. The molecule has 1 N–H and O–H groups in total. The molecule has 2 aromatic carbocycles. The molecule has 0 aliphatic rings. The van der Waals surface area contributed by atoms with E-state index in [0.29, 0.717) is 0 Å². The predicted molar refractivity (Wildman–Crippen MR) is 89.8 cm³/mol. The van der Waals surface area contributed by atoms with Crippen molar-refractivity contribution < 1.29 is 9.47 Å². The summed E-state index contributed by atoms with van der Waals surface area (Å²) in [4.78, 5) is 1.25. The number of nitrogens with one attached hydrogen (secondary N) is 1. The molecule has 0 saturated heterocycles. The number of anilines is 1. The summed E-state index contributed by atoms with van der Waals surface area (Å²) < 4.78 is 10.6. The van der Waals surface area contributed by atoms with Gasteiger partial charge in [-0.05, 0) is 49.1 Å². The molecule has 0 bridgehead atoms. The van der Waals surface area contributed by atoms with Crippen LogP contribution in [0.25, 0.3) is 0 Å². The van der Waals surface area contributed by atoms with Gasteiger partial charge in [-0.15, -0.1) is 11.8 Å². The Morgan fingerprint density at radius 1 is 1.00 bits per heavy atom. The summed E-state index contributed by atoms with van der Waals surface area (Å²) in [6.45, 7) is 2.13. The van der Waals surface area contributed by atoms with Crippen molar-refractivity contribution in [3.05, 3.63) is 48.0 Å². The lowest BCUT2D eigenvalue weighted by molar-refractivity contribution is 0.354. The smallest absolute Gasteiger partial charge is 0.161 e. The van der Waals surface area contributed by atoms with E-state index >= 15 is 0 Å². The minimum atomic E-state index is 0.182. The van der Waals surface area contributed by atoms with Crippen molar-refractivity contribution in [2.24, 2.45) is 0 Å². The summed E-state index contributed by atoms with van der Waals surface area (Å²) in [5.41, 5.74) is 2.27. The Kier molecular flexibility index (Phi) is 5.39. The number of hydrogen-bond donors (Lipinski definition) is 1. The third-order valence-corrected chi connectivity index (χ3v) is 4.09. The van der Waals surface area contributed by atoms with Crippen molar-refractivity contribution in [3.8, 4) is 11.5 Å². The molecule has 1 unspecified atom stereocenters. The van der Waals surface area contributed by atoms with E-state index in [4.69, 9.17) is 9.47 Å². The molecule has 0 aromatic heterocycles. The summed E-state index contributed by atoms with van der Waals surface area (Å²) in [5.74, 6) is 1.50. The van der Waals surface area contributed by atoms with Gasteiger partial charge in [0.25, 0.3) is 0 Å². The van der Waals surface area contributed by atoms with Gasteiger partial charge in [-0.25, -0.2) is 0 Å². The molecule has 0 aliphatic carbocycles. The van der Waals surface area contributed by atoms with Gasteiger partial charge in [0.1, 0.15) is 0 Å². The second-order valence-electron chi connectivity index (χ2n) is 4.71. The van der Waals surface area contributed by atoms with Crippen LogP contribution in [-0.4, -0.2) is 20.5 Å². The zero-order valence-corrected chi connectivity index (χ0v) is 13.7. The Morgan fingerprint density at radius 2 is 1.76 bits per heavy atom. The first-order valence-electron chi connectivity index (χ1n) is 6.80. The maximum atomic E-state index is 5.36. The van der Waals surface area contributed by atoms with Crippen LogP contribution in [0.4, 0.5) is 5.69 Å². The van der Waals surface area contributed by atoms with E-state index in [1.54, 1.807) is 26.0 Å². The first kappa shape index (κ1) is 15.6. The lowest BCUT2D eigenvalue weighted by Gasteiger charge is -2.18. The lowest BCUT2D eigenvalue weighted by Crippen LogP contribution is -2.07. The van der Waals surface area contributed by atoms with Crippen LogP contribution < -0.4 is 14.8 Å². The van der Waals surface area contributed by atoms with Gasteiger partial charge in [0, 0.05) is 16.6 Å². The van der Waals surface area contributed by atoms with Crippen molar-refractivity contribution in [2.45, 2.75) is 17.9 Å². The maximum Gasteiger partial charge on any atom is 0.161 e. The number of ether oxygens (including phenoxy) is 2. The Labute approximate surface area is 130 Å². The highest BCUT2D eigenvalue weighted by Gasteiger charge is 2.10. The maximum absolute atomic E-state index is 5.36. The summed E-state index contributed by atoms with van der Waals surface area (Å²) in [5, 5.41) is 3.51. The summed E-state index contributed by atoms with van der Waals surface area (Å²) in [6, 6.07) is 14.6. The quantitative estimate of drug-likeness (QED) is 0.790. The van der Waals surface area contributed by atoms with E-state index in [0.717, 1.165) is 22.7 Å². The number of rotatable bonds is 6. The molecular formula is C17H21NO2S. The highest BCUT2D eigenvalue weighted by atomic mass is 32.2. The van der Waals surface area contributed by atoms with E-state index in [1.807, 2.05) is 12.1 Å². The number of benzene rings is 2. The van der Waals surface area contributed by atoms with Gasteiger partial charge < -0.3 is 14.8 Å². The Hall–Kier alpha value is -1.81. The van der Waals surface area contributed by atoms with Crippen molar-refractivity contribution in [3.63, 3.8) is 0 Å². The van der Waals surface area contributed by atoms with Crippen LogP contribution in [0.2, 0.25) is 0 Å². The first-order chi connectivity index (χ1) is 10.2. The molecule has 0 fully saturated rings. The molecule has 0 heterocycles. The van der Waals surface area contributed by atoms with Gasteiger partial charge >= 0.3 is 0 Å². The number of hydrogen-bond acceptors (Lipinski definition) is 4. The summed E-state index contributed by atoms with van der Waals surface area (Å²) in [7, 11) is 3.30. The fourth-order valence-electron chi connectivity index (χ4n) is 2.17. The molecule has 2 aromatic rings. The monoisotopic (exact) mass is 303 g/mol. The second kappa shape index (κ2) is 7.27. The molecule has 21 heavy (non-hydrogen) atoms. The van der Waals surface area contributed by atoms with Gasteiger partial charge in [0.15, 0.2) is 11.5 Å². The van der Waals surface area contributed by atoms with Crippen LogP contribution in [0.3, 0.4) is 0 Å². The number of thioether (sulfide) groups is 1. The van der Waals surface area contributed by atoms with Crippen LogP contribution in [-0.2, 0) is 0 Å². The van der Waals surface area contributed by atoms with Crippen LogP contribution in [0.15, 0.2) is 47.4 Å². The topological polar surface area (TPSA) is 30.5 Å². The lowest BCUT2D eigenvalue weighted by atomic mass is 10.1. The van der Waals surface area contributed by atoms with Crippen molar-refractivity contribution >= 4 is 17.4 Å². The van der Waals surface area contributed by atoms with Crippen LogP contribution in [0, 0.1) is 0 Å². The average molecular weight is 303 g/mol. The van der Waals surface area contributed by atoms with Crippen LogP contribution >= 0.6 is 11.8 Å². The first-order valence-corrected chi connectivity index (χ1v) is 8.03. The predicted octanol–water partition coefficient (Wildman–Crippen LogP) is 4.60. The molecule has 1 atom stereocenters. The Balaban J connectivity index is 2.17. The molecule has 0 amide bonds. The van der Waals surface area contributed by atoms with Gasteiger partial charge in [0.2, 0.25) is 0 Å². The molecule has 4 heteroatoms. The molecule has 0 spiro atoms. The van der Waals surface area contributed by atoms with Crippen LogP contribution in [0.5, 0.6) is 11.5 Å². The fourth-order valence-corrected chi connectivity index (χ4v) is 2.63. The van der Waals surface area contributed by atoms with E-state index in [2.05, 4.69) is 48.8 Å². The van der Waals surface area contributed by atoms with Crippen LogP contribution in [0.1, 0.15) is 18.5 Å². The van der Waals surface area contributed by atoms with Gasteiger partial charge in [0.05, 0.1) is 14.2 Å². The van der Waals surface area contributed by atoms with E-state index in [1.165, 1.54) is 4.90 Å². The third-order valence-electron chi connectivity index (χ3n) is 3.36. The SMILES string of the molecule is COc1ccc(C(C)Nc2cccc(SC)c2)cc1OC. The molecule has 112 valence electrons. The largest absolute Gasteiger partial charge is 0.493 e. The molecule has 0 aliphatic heterocycles. The molecule has 0 radical (unpaired) electrons. The summed E-state index contributed by atoms with van der Waals surface area (Å²) >= 11 is 1.74. The molecule has 3 nitrogen and oxygen atoms in total. The van der Waals surface area contributed by atoms with Crippen molar-refractivity contribution in [1.82, 2.24) is 0 Å². The molecule has 2 rings (SSSR count). The second-order valence-corrected chi connectivity index (χ2v) is 5.59. The van der Waals surface area contributed by atoms with E-state index in [-0.39, 0.29) is 6.04 Å². The summed E-state index contributed by atoms with van der Waals surface area (Å²) in [6.07, 6.45) is 2.08. The molecule has 0 saturated carbocycles. The van der Waals surface area contributed by atoms with Gasteiger partial charge in [-0.2, -0.15) is 0 Å². The third kappa shape index (κ3) is 3.85.